The number of nitrogens with two attached hydrogens (primary N) is 1. The zero-order valence-electron chi connectivity index (χ0n) is 11.2. The third-order valence-electron chi connectivity index (χ3n) is 2.97. The normalized spacial score (nSPS) is 11.3. The van der Waals surface area contributed by atoms with Gasteiger partial charge in [0.25, 0.3) is 0 Å². The Morgan fingerprint density at radius 2 is 2.11 bits per heavy atom. The average molecular weight is 282 g/mol. The molecular weight excluding hydrogens is 265 g/mol. The van der Waals surface area contributed by atoms with Crippen LogP contribution in [0.5, 0.6) is 0 Å². The molecule has 0 atom stereocenters. The van der Waals surface area contributed by atoms with Crippen LogP contribution in [-0.2, 0) is 13.5 Å². The molecule has 0 aliphatic rings. The molecule has 5 heteroatoms. The van der Waals surface area contributed by atoms with Crippen molar-refractivity contribution in [2.75, 3.05) is 5.73 Å². The van der Waals surface area contributed by atoms with Crippen molar-refractivity contribution < 1.29 is 4.39 Å². The molecule has 0 aliphatic carbocycles. The molecule has 0 aliphatic heterocycles. The van der Waals surface area contributed by atoms with Gasteiger partial charge in [-0.1, -0.05) is 25.4 Å². The quantitative estimate of drug-likeness (QED) is 0.933. The van der Waals surface area contributed by atoms with Crippen LogP contribution in [0.2, 0.25) is 5.02 Å². The number of hydrogen-bond donors (Lipinski definition) is 1. The second-order valence-electron chi connectivity index (χ2n) is 5.05. The van der Waals surface area contributed by atoms with E-state index >= 15 is 0 Å². The van der Waals surface area contributed by atoms with Gasteiger partial charge in [0.1, 0.15) is 11.6 Å². The van der Waals surface area contributed by atoms with Crippen molar-refractivity contribution in [1.82, 2.24) is 9.78 Å². The minimum atomic E-state index is -0.360. The lowest BCUT2D eigenvalue weighted by Crippen LogP contribution is -1.98. The van der Waals surface area contributed by atoms with Crippen molar-refractivity contribution in [3.8, 4) is 11.1 Å². The number of nitrogen functional groups attached to an aromatic ring is 1. The average Bonchev–Trinajstić information content (AvgIpc) is 2.55. The van der Waals surface area contributed by atoms with Crippen LogP contribution in [0.4, 0.5) is 10.2 Å². The van der Waals surface area contributed by atoms with E-state index in [1.54, 1.807) is 17.8 Å². The lowest BCUT2D eigenvalue weighted by atomic mass is 9.99. The number of aromatic nitrogens is 2. The Morgan fingerprint density at radius 3 is 2.68 bits per heavy atom. The van der Waals surface area contributed by atoms with Gasteiger partial charge in [0.05, 0.1) is 10.7 Å². The highest BCUT2D eigenvalue weighted by Crippen LogP contribution is 2.35. The maximum atomic E-state index is 13.1. The first-order chi connectivity index (χ1) is 8.90. The van der Waals surface area contributed by atoms with Crippen molar-refractivity contribution in [1.29, 1.82) is 0 Å². The van der Waals surface area contributed by atoms with Gasteiger partial charge in [0.2, 0.25) is 0 Å². The summed E-state index contributed by atoms with van der Waals surface area (Å²) in [6, 6.07) is 4.32. The van der Waals surface area contributed by atoms with E-state index < -0.39 is 0 Å². The monoisotopic (exact) mass is 281 g/mol. The van der Waals surface area contributed by atoms with E-state index in [4.69, 9.17) is 17.3 Å². The van der Waals surface area contributed by atoms with E-state index in [0.29, 0.717) is 16.8 Å². The van der Waals surface area contributed by atoms with Crippen LogP contribution in [0.1, 0.15) is 19.5 Å². The summed E-state index contributed by atoms with van der Waals surface area (Å²) in [7, 11) is 1.79. The van der Waals surface area contributed by atoms with E-state index in [1.165, 1.54) is 12.1 Å². The number of halogens is 2. The molecule has 0 bridgehead atoms. The zero-order chi connectivity index (χ0) is 14.2. The van der Waals surface area contributed by atoms with Gasteiger partial charge in [-0.3, -0.25) is 4.68 Å². The molecule has 0 unspecified atom stereocenters. The van der Waals surface area contributed by atoms with Gasteiger partial charge >= 0.3 is 0 Å². The summed E-state index contributed by atoms with van der Waals surface area (Å²) >= 11 is 6.12. The Bertz CT molecular complexity index is 605. The minimum absolute atomic E-state index is 0.352. The second kappa shape index (κ2) is 5.21. The highest BCUT2D eigenvalue weighted by Gasteiger charge is 2.19. The van der Waals surface area contributed by atoms with Gasteiger partial charge in [0.15, 0.2) is 0 Å². The van der Waals surface area contributed by atoms with Crippen LogP contribution in [0, 0.1) is 11.7 Å². The molecule has 0 amide bonds. The Hall–Kier alpha value is -1.55. The number of benzene rings is 1. The van der Waals surface area contributed by atoms with Gasteiger partial charge in [-0.25, -0.2) is 4.39 Å². The summed E-state index contributed by atoms with van der Waals surface area (Å²) in [6.07, 6.45) is 0.800. The highest BCUT2D eigenvalue weighted by molar-refractivity contribution is 6.33. The summed E-state index contributed by atoms with van der Waals surface area (Å²) < 4.78 is 14.8. The summed E-state index contributed by atoms with van der Waals surface area (Å²) in [5.74, 6) is 0.637. The van der Waals surface area contributed by atoms with Gasteiger partial charge in [-0.15, -0.1) is 0 Å². The first-order valence-corrected chi connectivity index (χ1v) is 6.54. The van der Waals surface area contributed by atoms with Crippen LogP contribution in [-0.4, -0.2) is 9.78 Å². The third kappa shape index (κ3) is 2.73. The van der Waals surface area contributed by atoms with E-state index in [-0.39, 0.29) is 5.82 Å². The van der Waals surface area contributed by atoms with Crippen LogP contribution in [0.3, 0.4) is 0 Å². The standard InChI is InChI=1S/C14H17ClFN3/c1-8(2)6-12-13(14(17)19(3)18-12)10-5-4-9(16)7-11(10)15/h4-5,7-8H,6,17H2,1-3H3. The lowest BCUT2D eigenvalue weighted by Gasteiger charge is -2.08. The minimum Gasteiger partial charge on any atom is -0.383 e. The molecule has 0 saturated heterocycles. The van der Waals surface area contributed by atoms with Crippen molar-refractivity contribution in [2.45, 2.75) is 20.3 Å². The first kappa shape index (κ1) is 13.9. The molecule has 0 fully saturated rings. The Morgan fingerprint density at radius 1 is 1.42 bits per heavy atom. The summed E-state index contributed by atoms with van der Waals surface area (Å²) in [5.41, 5.74) is 8.49. The first-order valence-electron chi connectivity index (χ1n) is 6.17. The molecule has 1 aromatic heterocycles. The fourth-order valence-electron chi connectivity index (χ4n) is 2.11. The maximum Gasteiger partial charge on any atom is 0.129 e. The SMILES string of the molecule is CC(C)Cc1nn(C)c(N)c1-c1ccc(F)cc1Cl. The van der Waals surface area contributed by atoms with Crippen LogP contribution >= 0.6 is 11.6 Å². The molecule has 3 nitrogen and oxygen atoms in total. The van der Waals surface area contributed by atoms with E-state index in [2.05, 4.69) is 18.9 Å². The van der Waals surface area contributed by atoms with Gasteiger partial charge in [-0.05, 0) is 30.5 Å². The number of anilines is 1. The fourth-order valence-corrected chi connectivity index (χ4v) is 2.37. The van der Waals surface area contributed by atoms with Gasteiger partial charge < -0.3 is 5.73 Å². The van der Waals surface area contributed by atoms with Crippen LogP contribution in [0.25, 0.3) is 11.1 Å². The maximum absolute atomic E-state index is 13.1. The Balaban J connectivity index is 2.60. The number of rotatable bonds is 3. The van der Waals surface area contributed by atoms with E-state index in [0.717, 1.165) is 23.2 Å². The molecule has 0 radical (unpaired) electrons. The van der Waals surface area contributed by atoms with Gasteiger partial charge in [-0.2, -0.15) is 5.10 Å². The molecule has 2 N–H and O–H groups in total. The Labute approximate surface area is 117 Å². The smallest absolute Gasteiger partial charge is 0.129 e. The molecular formula is C14H17ClFN3. The predicted octanol–water partition coefficient (Wildman–Crippen LogP) is 3.66. The summed E-state index contributed by atoms with van der Waals surface area (Å²) in [5, 5.41) is 4.78. The fraction of sp³-hybridized carbons (Fsp3) is 0.357. The van der Waals surface area contributed by atoms with Crippen molar-refractivity contribution >= 4 is 17.4 Å². The molecule has 2 rings (SSSR count). The van der Waals surface area contributed by atoms with Gasteiger partial charge in [0, 0.05) is 18.2 Å². The number of nitrogens with zero attached hydrogens (tertiary/aromatic N) is 2. The van der Waals surface area contributed by atoms with Crippen LogP contribution < -0.4 is 5.73 Å². The van der Waals surface area contributed by atoms with E-state index in [1.807, 2.05) is 0 Å². The largest absolute Gasteiger partial charge is 0.383 e. The van der Waals surface area contributed by atoms with Crippen molar-refractivity contribution in [3.63, 3.8) is 0 Å². The number of aryl methyl sites for hydroxylation is 1. The third-order valence-corrected chi connectivity index (χ3v) is 3.28. The second-order valence-corrected chi connectivity index (χ2v) is 5.46. The van der Waals surface area contributed by atoms with Crippen molar-refractivity contribution in [2.24, 2.45) is 13.0 Å². The molecule has 0 spiro atoms. The van der Waals surface area contributed by atoms with E-state index in [9.17, 15) is 4.39 Å². The molecule has 102 valence electrons. The van der Waals surface area contributed by atoms with Crippen molar-refractivity contribution in [3.05, 3.63) is 34.7 Å². The van der Waals surface area contributed by atoms with Crippen LogP contribution in [0.15, 0.2) is 18.2 Å². The zero-order valence-corrected chi connectivity index (χ0v) is 12.0. The molecule has 1 aromatic carbocycles. The number of hydrogen-bond acceptors (Lipinski definition) is 2. The lowest BCUT2D eigenvalue weighted by molar-refractivity contribution is 0.621. The Kier molecular flexibility index (Phi) is 3.80. The molecule has 19 heavy (non-hydrogen) atoms. The summed E-state index contributed by atoms with van der Waals surface area (Å²) in [6.45, 7) is 4.22. The molecule has 1 heterocycles. The highest BCUT2D eigenvalue weighted by atomic mass is 35.5. The topological polar surface area (TPSA) is 43.8 Å². The molecule has 0 saturated carbocycles. The molecule has 2 aromatic rings. The predicted molar refractivity (Wildman–Crippen MR) is 76.6 cm³/mol. The summed E-state index contributed by atoms with van der Waals surface area (Å²) in [4.78, 5) is 0.